The Balaban J connectivity index is 2.18. The maximum Gasteiger partial charge on any atom is 0.317 e. The lowest BCUT2D eigenvalue weighted by Gasteiger charge is -2.22. The third kappa shape index (κ3) is 3.78. The minimum Gasteiger partial charge on any atom is -0.480 e. The standard InChI is InChI=1S/C15H19NO2S/c1-11(2)7-16(9-15(17)18)8-12-10-19-14-6-4-3-5-13(12)14/h3-6,10-11H,7-9H2,1-2H3,(H,17,18). The van der Waals surface area contributed by atoms with Gasteiger partial charge in [0, 0.05) is 17.8 Å². The van der Waals surface area contributed by atoms with Crippen molar-refractivity contribution in [1.82, 2.24) is 4.90 Å². The summed E-state index contributed by atoms with van der Waals surface area (Å²) < 4.78 is 1.26. The first-order chi connectivity index (χ1) is 9.06. The van der Waals surface area contributed by atoms with E-state index in [-0.39, 0.29) is 6.54 Å². The van der Waals surface area contributed by atoms with Gasteiger partial charge in [0.25, 0.3) is 0 Å². The first-order valence-corrected chi connectivity index (χ1v) is 7.33. The van der Waals surface area contributed by atoms with Crippen LogP contribution in [0.2, 0.25) is 0 Å². The zero-order valence-corrected chi connectivity index (χ0v) is 12.1. The van der Waals surface area contributed by atoms with Crippen LogP contribution in [0.25, 0.3) is 10.1 Å². The highest BCUT2D eigenvalue weighted by Crippen LogP contribution is 2.26. The molecule has 2 rings (SSSR count). The lowest BCUT2D eigenvalue weighted by Crippen LogP contribution is -2.32. The Morgan fingerprint density at radius 2 is 2.11 bits per heavy atom. The number of benzene rings is 1. The summed E-state index contributed by atoms with van der Waals surface area (Å²) in [5, 5.41) is 12.4. The van der Waals surface area contributed by atoms with Crippen LogP contribution in [0.5, 0.6) is 0 Å². The SMILES string of the molecule is CC(C)CN(CC(=O)O)Cc1csc2ccccc12. The van der Waals surface area contributed by atoms with Crippen molar-refractivity contribution >= 4 is 27.4 Å². The molecule has 3 nitrogen and oxygen atoms in total. The summed E-state index contributed by atoms with van der Waals surface area (Å²) >= 11 is 1.72. The van der Waals surface area contributed by atoms with Crippen LogP contribution in [0, 0.1) is 5.92 Å². The fourth-order valence-electron chi connectivity index (χ4n) is 2.29. The molecular weight excluding hydrogens is 258 g/mol. The van der Waals surface area contributed by atoms with Gasteiger partial charge in [-0.25, -0.2) is 0 Å². The minimum absolute atomic E-state index is 0.0996. The number of carbonyl (C=O) groups is 1. The van der Waals surface area contributed by atoms with E-state index in [1.807, 2.05) is 17.0 Å². The van der Waals surface area contributed by atoms with Gasteiger partial charge in [0.05, 0.1) is 6.54 Å². The summed E-state index contributed by atoms with van der Waals surface area (Å²) in [4.78, 5) is 12.9. The molecule has 4 heteroatoms. The van der Waals surface area contributed by atoms with Gasteiger partial charge in [0.2, 0.25) is 0 Å². The number of hydrogen-bond acceptors (Lipinski definition) is 3. The lowest BCUT2D eigenvalue weighted by atomic mass is 10.1. The Hall–Kier alpha value is -1.39. The van der Waals surface area contributed by atoms with Crippen molar-refractivity contribution in [2.45, 2.75) is 20.4 Å². The van der Waals surface area contributed by atoms with Crippen molar-refractivity contribution in [3.8, 4) is 0 Å². The van der Waals surface area contributed by atoms with E-state index in [9.17, 15) is 4.79 Å². The molecule has 1 aromatic heterocycles. The van der Waals surface area contributed by atoms with Crippen LogP contribution < -0.4 is 0 Å². The molecule has 0 fully saturated rings. The largest absolute Gasteiger partial charge is 0.480 e. The van der Waals surface area contributed by atoms with E-state index in [1.54, 1.807) is 11.3 Å². The van der Waals surface area contributed by atoms with E-state index in [1.165, 1.54) is 15.6 Å². The van der Waals surface area contributed by atoms with E-state index in [2.05, 4.69) is 31.4 Å². The van der Waals surface area contributed by atoms with Crippen molar-refractivity contribution in [2.24, 2.45) is 5.92 Å². The first-order valence-electron chi connectivity index (χ1n) is 6.45. The summed E-state index contributed by atoms with van der Waals surface area (Å²) in [5.74, 6) is -0.301. The summed E-state index contributed by atoms with van der Waals surface area (Å²) in [5.41, 5.74) is 1.22. The Morgan fingerprint density at radius 1 is 1.37 bits per heavy atom. The van der Waals surface area contributed by atoms with Gasteiger partial charge >= 0.3 is 5.97 Å². The lowest BCUT2D eigenvalue weighted by molar-refractivity contribution is -0.138. The first kappa shape index (κ1) is 14.0. The molecule has 0 radical (unpaired) electrons. The number of aliphatic carboxylic acids is 1. The molecule has 0 aliphatic rings. The van der Waals surface area contributed by atoms with Gasteiger partial charge in [0.15, 0.2) is 0 Å². The van der Waals surface area contributed by atoms with Crippen LogP contribution >= 0.6 is 11.3 Å². The zero-order valence-electron chi connectivity index (χ0n) is 11.3. The number of rotatable bonds is 6. The van der Waals surface area contributed by atoms with Crippen LogP contribution in [0.3, 0.4) is 0 Å². The van der Waals surface area contributed by atoms with E-state index >= 15 is 0 Å². The molecule has 0 atom stereocenters. The van der Waals surface area contributed by atoms with Gasteiger partial charge in [0.1, 0.15) is 0 Å². The molecule has 0 aliphatic carbocycles. The molecule has 2 aromatic rings. The third-order valence-electron chi connectivity index (χ3n) is 2.94. The Kier molecular flexibility index (Phi) is 4.56. The molecule has 1 aromatic carbocycles. The predicted molar refractivity (Wildman–Crippen MR) is 79.6 cm³/mol. The van der Waals surface area contributed by atoms with Gasteiger partial charge in [-0.05, 0) is 28.3 Å². The quantitative estimate of drug-likeness (QED) is 0.879. The number of hydrogen-bond donors (Lipinski definition) is 1. The van der Waals surface area contributed by atoms with Crippen LogP contribution in [0.1, 0.15) is 19.4 Å². The predicted octanol–water partition coefficient (Wildman–Crippen LogP) is 3.44. The highest BCUT2D eigenvalue weighted by Gasteiger charge is 2.14. The van der Waals surface area contributed by atoms with E-state index < -0.39 is 5.97 Å². The molecular formula is C15H19NO2S. The maximum absolute atomic E-state index is 10.9. The second-order valence-corrected chi connectivity index (χ2v) is 6.13. The number of carboxylic acid groups (broad SMARTS) is 1. The molecule has 1 heterocycles. The van der Waals surface area contributed by atoms with Crippen LogP contribution in [-0.4, -0.2) is 29.1 Å². The maximum atomic E-state index is 10.9. The van der Waals surface area contributed by atoms with Gasteiger partial charge in [-0.3, -0.25) is 9.69 Å². The summed E-state index contributed by atoms with van der Waals surface area (Å²) in [6.07, 6.45) is 0. The molecule has 0 bridgehead atoms. The van der Waals surface area contributed by atoms with Gasteiger partial charge < -0.3 is 5.11 Å². The van der Waals surface area contributed by atoms with Crippen LogP contribution in [0.4, 0.5) is 0 Å². The average Bonchev–Trinajstić information content (AvgIpc) is 2.71. The highest BCUT2D eigenvalue weighted by molar-refractivity contribution is 7.17. The zero-order chi connectivity index (χ0) is 13.8. The van der Waals surface area contributed by atoms with Crippen LogP contribution in [0.15, 0.2) is 29.6 Å². The third-order valence-corrected chi connectivity index (χ3v) is 3.95. The van der Waals surface area contributed by atoms with E-state index in [0.29, 0.717) is 12.5 Å². The van der Waals surface area contributed by atoms with E-state index in [4.69, 9.17) is 5.11 Å². The topological polar surface area (TPSA) is 40.5 Å². The van der Waals surface area contributed by atoms with Crippen molar-refractivity contribution in [2.75, 3.05) is 13.1 Å². The molecule has 0 amide bonds. The number of carboxylic acids is 1. The smallest absolute Gasteiger partial charge is 0.317 e. The monoisotopic (exact) mass is 277 g/mol. The normalized spacial score (nSPS) is 11.6. The summed E-state index contributed by atoms with van der Waals surface area (Å²) in [6.45, 7) is 5.83. The fraction of sp³-hybridized carbons (Fsp3) is 0.400. The molecule has 0 saturated carbocycles. The average molecular weight is 277 g/mol. The Morgan fingerprint density at radius 3 is 2.79 bits per heavy atom. The molecule has 102 valence electrons. The Bertz CT molecular complexity index is 562. The number of fused-ring (bicyclic) bond motifs is 1. The summed E-state index contributed by atoms with van der Waals surface area (Å²) in [6, 6.07) is 8.28. The number of thiophene rings is 1. The molecule has 0 aliphatic heterocycles. The van der Waals surface area contributed by atoms with Crippen molar-refractivity contribution in [3.63, 3.8) is 0 Å². The highest BCUT2D eigenvalue weighted by atomic mass is 32.1. The molecule has 1 N–H and O–H groups in total. The second-order valence-electron chi connectivity index (χ2n) is 5.21. The van der Waals surface area contributed by atoms with Gasteiger partial charge in [-0.1, -0.05) is 32.0 Å². The van der Waals surface area contributed by atoms with Crippen molar-refractivity contribution in [3.05, 3.63) is 35.2 Å². The van der Waals surface area contributed by atoms with E-state index in [0.717, 1.165) is 6.54 Å². The second kappa shape index (κ2) is 6.17. The summed E-state index contributed by atoms with van der Waals surface area (Å²) in [7, 11) is 0. The van der Waals surface area contributed by atoms with Gasteiger partial charge in [-0.15, -0.1) is 11.3 Å². The van der Waals surface area contributed by atoms with Crippen molar-refractivity contribution in [1.29, 1.82) is 0 Å². The minimum atomic E-state index is -0.764. The van der Waals surface area contributed by atoms with Crippen LogP contribution in [-0.2, 0) is 11.3 Å². The van der Waals surface area contributed by atoms with Gasteiger partial charge in [-0.2, -0.15) is 0 Å². The molecule has 0 unspecified atom stereocenters. The number of nitrogens with zero attached hydrogens (tertiary/aromatic N) is 1. The Labute approximate surface area is 117 Å². The fourth-order valence-corrected chi connectivity index (χ4v) is 3.24. The van der Waals surface area contributed by atoms with Crippen molar-refractivity contribution < 1.29 is 9.90 Å². The molecule has 19 heavy (non-hydrogen) atoms. The molecule has 0 saturated heterocycles. The molecule has 0 spiro atoms.